The minimum absolute atomic E-state index is 0.0241. The van der Waals surface area contributed by atoms with Crippen molar-refractivity contribution >= 4 is 11.5 Å². The molecule has 0 aliphatic carbocycles. The lowest BCUT2D eigenvalue weighted by molar-refractivity contribution is 0.358. The van der Waals surface area contributed by atoms with Crippen molar-refractivity contribution in [2.24, 2.45) is 0 Å². The molecule has 3 N–H and O–H groups in total. The Morgan fingerprint density at radius 3 is 2.48 bits per heavy atom. The van der Waals surface area contributed by atoms with Crippen molar-refractivity contribution < 1.29 is 0 Å². The highest BCUT2D eigenvalue weighted by Crippen LogP contribution is 2.22. The van der Waals surface area contributed by atoms with Crippen LogP contribution in [0.15, 0.2) is 24.3 Å². The Balaban J connectivity index is 2.17. The number of anilines is 2. The molecule has 0 bridgehead atoms. The number of rotatable bonds is 4. The average molecular weight is 286 g/mol. The summed E-state index contributed by atoms with van der Waals surface area (Å²) < 4.78 is 2.05. The fourth-order valence-electron chi connectivity index (χ4n) is 2.47. The van der Waals surface area contributed by atoms with Crippen LogP contribution in [0.4, 0.5) is 11.5 Å². The Labute approximate surface area is 127 Å². The first-order chi connectivity index (χ1) is 9.81. The fourth-order valence-corrected chi connectivity index (χ4v) is 2.47. The Kier molecular flexibility index (Phi) is 4.26. The molecule has 0 unspecified atom stereocenters. The van der Waals surface area contributed by atoms with Gasteiger partial charge < -0.3 is 11.1 Å². The lowest BCUT2D eigenvalue weighted by Crippen LogP contribution is -2.24. The lowest BCUT2D eigenvalue weighted by atomic mass is 10.0. The van der Waals surface area contributed by atoms with Crippen LogP contribution in [-0.4, -0.2) is 16.8 Å². The highest BCUT2D eigenvalue weighted by atomic mass is 15.4. The largest absolute Gasteiger partial charge is 0.399 e. The third-order valence-corrected chi connectivity index (χ3v) is 3.68. The molecule has 0 saturated heterocycles. The zero-order valence-corrected chi connectivity index (χ0v) is 13.7. The molecule has 1 heterocycles. The molecule has 0 aliphatic rings. The molecular weight excluding hydrogens is 260 g/mol. The van der Waals surface area contributed by atoms with E-state index in [0.717, 1.165) is 30.0 Å². The summed E-state index contributed by atoms with van der Waals surface area (Å²) in [5, 5.41) is 7.96. The number of hydrogen-bond acceptors (Lipinski definition) is 3. The van der Waals surface area contributed by atoms with Gasteiger partial charge >= 0.3 is 0 Å². The van der Waals surface area contributed by atoms with Gasteiger partial charge in [0.1, 0.15) is 5.82 Å². The molecular formula is C17H26N4. The van der Waals surface area contributed by atoms with Crippen molar-refractivity contribution in [1.82, 2.24) is 9.78 Å². The van der Waals surface area contributed by atoms with Crippen LogP contribution in [-0.2, 0) is 18.4 Å². The number of nitrogens with zero attached hydrogens (tertiary/aromatic N) is 2. The fraction of sp³-hybridized carbons (Fsp3) is 0.471. The van der Waals surface area contributed by atoms with Gasteiger partial charge in [0.2, 0.25) is 0 Å². The molecule has 21 heavy (non-hydrogen) atoms. The molecule has 0 radical (unpaired) electrons. The molecule has 0 saturated carbocycles. The van der Waals surface area contributed by atoms with E-state index in [2.05, 4.69) is 55.9 Å². The second kappa shape index (κ2) is 5.80. The molecule has 4 nitrogen and oxygen atoms in total. The smallest absolute Gasteiger partial charge is 0.124 e. The van der Waals surface area contributed by atoms with Crippen molar-refractivity contribution in [3.05, 3.63) is 41.1 Å². The summed E-state index contributed by atoms with van der Waals surface area (Å²) in [6, 6.07) is 8.23. The maximum atomic E-state index is 5.87. The summed E-state index contributed by atoms with van der Waals surface area (Å²) in [4.78, 5) is 0. The maximum Gasteiger partial charge on any atom is 0.124 e. The van der Waals surface area contributed by atoms with Crippen LogP contribution in [0.3, 0.4) is 0 Å². The van der Waals surface area contributed by atoms with Crippen molar-refractivity contribution in [1.29, 1.82) is 0 Å². The quantitative estimate of drug-likeness (QED) is 0.847. The van der Waals surface area contributed by atoms with Crippen LogP contribution < -0.4 is 11.1 Å². The van der Waals surface area contributed by atoms with Crippen LogP contribution in [0, 0.1) is 6.92 Å². The van der Waals surface area contributed by atoms with Crippen molar-refractivity contribution in [2.75, 3.05) is 18.1 Å². The van der Waals surface area contributed by atoms with Gasteiger partial charge in [-0.3, -0.25) is 0 Å². The zero-order valence-electron chi connectivity index (χ0n) is 13.7. The van der Waals surface area contributed by atoms with Crippen molar-refractivity contribution in [2.45, 2.75) is 46.1 Å². The monoisotopic (exact) mass is 286 g/mol. The number of nitrogens with two attached hydrogens (primary N) is 1. The minimum atomic E-state index is -0.0241. The number of benzene rings is 1. The summed E-state index contributed by atoms with van der Waals surface area (Å²) in [6.07, 6.45) is 1.88. The van der Waals surface area contributed by atoms with Crippen LogP contribution in [0.1, 0.15) is 37.6 Å². The van der Waals surface area contributed by atoms with Gasteiger partial charge in [-0.15, -0.1) is 0 Å². The molecule has 0 aliphatic heterocycles. The Morgan fingerprint density at radius 2 is 1.90 bits per heavy atom. The molecule has 1 aromatic heterocycles. The number of aryl methyl sites for hydroxylation is 3. The molecule has 0 atom stereocenters. The Hall–Kier alpha value is -1.97. The number of hydrogen-bond donors (Lipinski definition) is 2. The maximum absolute atomic E-state index is 5.87. The van der Waals surface area contributed by atoms with Crippen LogP contribution in [0.5, 0.6) is 0 Å². The van der Waals surface area contributed by atoms with E-state index in [0.29, 0.717) is 0 Å². The van der Waals surface area contributed by atoms with Gasteiger partial charge in [-0.05, 0) is 63.8 Å². The van der Waals surface area contributed by atoms with Gasteiger partial charge in [-0.1, -0.05) is 6.07 Å². The first kappa shape index (κ1) is 15.4. The molecule has 0 amide bonds. The highest BCUT2D eigenvalue weighted by Gasteiger charge is 2.18. The van der Waals surface area contributed by atoms with Crippen LogP contribution >= 0.6 is 0 Å². The summed E-state index contributed by atoms with van der Waals surface area (Å²) in [5.41, 5.74) is 10.4. The van der Waals surface area contributed by atoms with Gasteiger partial charge in [-0.25, -0.2) is 4.68 Å². The van der Waals surface area contributed by atoms with Gasteiger partial charge in [0.15, 0.2) is 0 Å². The first-order valence-corrected chi connectivity index (χ1v) is 7.43. The van der Waals surface area contributed by atoms with E-state index < -0.39 is 0 Å². The summed E-state index contributed by atoms with van der Waals surface area (Å²) in [7, 11) is 1.94. The second-order valence-electron chi connectivity index (χ2n) is 6.54. The van der Waals surface area contributed by atoms with Gasteiger partial charge in [0, 0.05) is 18.8 Å². The summed E-state index contributed by atoms with van der Waals surface area (Å²) in [6.45, 7) is 8.60. The van der Waals surface area contributed by atoms with E-state index in [1.807, 2.05) is 13.1 Å². The second-order valence-corrected chi connectivity index (χ2v) is 6.54. The van der Waals surface area contributed by atoms with Crippen LogP contribution in [0.2, 0.25) is 0 Å². The number of aromatic nitrogens is 2. The highest BCUT2D eigenvalue weighted by molar-refractivity contribution is 5.45. The predicted molar refractivity (Wildman–Crippen MR) is 89.8 cm³/mol. The summed E-state index contributed by atoms with van der Waals surface area (Å²) in [5.74, 6) is 1.06. The summed E-state index contributed by atoms with van der Waals surface area (Å²) >= 11 is 0. The Morgan fingerprint density at radius 1 is 1.19 bits per heavy atom. The number of nitrogen functional groups attached to an aromatic ring is 1. The zero-order chi connectivity index (χ0) is 15.6. The molecule has 2 aromatic rings. The SMILES string of the molecule is CNc1cc(CCc2cc(N)ccc2C)nn1C(C)(C)C. The van der Waals surface area contributed by atoms with E-state index in [9.17, 15) is 0 Å². The standard InChI is InChI=1S/C17H26N4/c1-12-6-8-14(18)10-13(12)7-9-15-11-16(19-5)21(20-15)17(2,3)4/h6,8,10-11,19H,7,9,18H2,1-5H3. The average Bonchev–Trinajstić information content (AvgIpc) is 2.83. The topological polar surface area (TPSA) is 55.9 Å². The third kappa shape index (κ3) is 3.57. The Bertz CT molecular complexity index is 620. The minimum Gasteiger partial charge on any atom is -0.399 e. The van der Waals surface area contributed by atoms with E-state index in [1.54, 1.807) is 0 Å². The van der Waals surface area contributed by atoms with Gasteiger partial charge in [0.05, 0.1) is 11.2 Å². The molecule has 4 heteroatoms. The molecule has 0 spiro atoms. The van der Waals surface area contributed by atoms with Crippen LogP contribution in [0.25, 0.3) is 0 Å². The van der Waals surface area contributed by atoms with E-state index in [4.69, 9.17) is 10.8 Å². The molecule has 2 rings (SSSR count). The van der Waals surface area contributed by atoms with Gasteiger partial charge in [-0.2, -0.15) is 5.10 Å². The molecule has 0 fully saturated rings. The molecule has 114 valence electrons. The molecule has 1 aromatic carbocycles. The number of nitrogens with one attached hydrogen (secondary N) is 1. The first-order valence-electron chi connectivity index (χ1n) is 7.43. The lowest BCUT2D eigenvalue weighted by Gasteiger charge is -2.21. The van der Waals surface area contributed by atoms with Crippen molar-refractivity contribution in [3.8, 4) is 0 Å². The van der Waals surface area contributed by atoms with E-state index in [1.165, 1.54) is 11.1 Å². The van der Waals surface area contributed by atoms with E-state index >= 15 is 0 Å². The van der Waals surface area contributed by atoms with E-state index in [-0.39, 0.29) is 5.54 Å². The van der Waals surface area contributed by atoms with Gasteiger partial charge in [0.25, 0.3) is 0 Å². The van der Waals surface area contributed by atoms with Crippen molar-refractivity contribution in [3.63, 3.8) is 0 Å². The predicted octanol–water partition coefficient (Wildman–Crippen LogP) is 3.36. The normalized spacial score (nSPS) is 11.7. The third-order valence-electron chi connectivity index (χ3n) is 3.68.